The number of rotatable bonds is 3. The molecule has 1 amide bonds. The fourth-order valence-electron chi connectivity index (χ4n) is 2.09. The first-order valence-electron chi connectivity index (χ1n) is 6.45. The number of aryl methyl sites for hydroxylation is 1. The maximum Gasteiger partial charge on any atom is 0.339 e. The molecule has 0 radical (unpaired) electrons. The molecule has 2 aromatic rings. The molecular formula is C14H13N3O4. The van der Waals surface area contributed by atoms with Crippen LogP contribution in [-0.2, 0) is 0 Å². The normalized spacial score (nSPS) is 14.6. The number of ether oxygens (including phenoxy) is 1. The molecule has 7 heteroatoms. The van der Waals surface area contributed by atoms with Crippen LogP contribution in [0.25, 0.3) is 0 Å². The van der Waals surface area contributed by atoms with Crippen LogP contribution in [0.4, 0.5) is 0 Å². The van der Waals surface area contributed by atoms with E-state index in [2.05, 4.69) is 9.97 Å². The molecule has 1 saturated heterocycles. The van der Waals surface area contributed by atoms with Crippen LogP contribution >= 0.6 is 0 Å². The Balaban J connectivity index is 1.59. The monoisotopic (exact) mass is 287 g/mol. The molecule has 0 bridgehead atoms. The number of carbonyl (C=O) groups is 1. The van der Waals surface area contributed by atoms with Gasteiger partial charge in [-0.2, -0.15) is 0 Å². The van der Waals surface area contributed by atoms with Gasteiger partial charge in [0.1, 0.15) is 23.3 Å². The van der Waals surface area contributed by atoms with Crippen LogP contribution in [0.3, 0.4) is 0 Å². The van der Waals surface area contributed by atoms with Crippen LogP contribution in [-0.4, -0.2) is 40.0 Å². The molecule has 21 heavy (non-hydrogen) atoms. The highest BCUT2D eigenvalue weighted by Crippen LogP contribution is 2.19. The van der Waals surface area contributed by atoms with Crippen molar-refractivity contribution in [2.75, 3.05) is 13.1 Å². The second-order valence-electron chi connectivity index (χ2n) is 4.76. The first-order chi connectivity index (χ1) is 10.1. The summed E-state index contributed by atoms with van der Waals surface area (Å²) in [7, 11) is 0. The van der Waals surface area contributed by atoms with Gasteiger partial charge in [-0.05, 0) is 6.92 Å². The van der Waals surface area contributed by atoms with Crippen molar-refractivity contribution in [1.82, 2.24) is 14.9 Å². The fourth-order valence-corrected chi connectivity index (χ4v) is 2.09. The Morgan fingerprint density at radius 2 is 2.19 bits per heavy atom. The highest BCUT2D eigenvalue weighted by Gasteiger charge is 2.33. The van der Waals surface area contributed by atoms with Crippen molar-refractivity contribution in [3.05, 3.63) is 52.6 Å². The Bertz CT molecular complexity index is 708. The molecule has 108 valence electrons. The standard InChI is InChI=1S/C14H13N3O4/c1-9-4-10(5-13(18)20-9)21-11-7-17(8-11)14(19)12-6-15-2-3-16-12/h2-6,11H,7-8H2,1H3. The maximum absolute atomic E-state index is 12.0. The second kappa shape index (κ2) is 5.35. The highest BCUT2D eigenvalue weighted by molar-refractivity contribution is 5.92. The van der Waals surface area contributed by atoms with Crippen LogP contribution in [0.5, 0.6) is 5.75 Å². The van der Waals surface area contributed by atoms with Crippen LogP contribution in [0.15, 0.2) is 39.9 Å². The topological polar surface area (TPSA) is 85.5 Å². The van der Waals surface area contributed by atoms with Gasteiger partial charge in [0.15, 0.2) is 0 Å². The zero-order valence-electron chi connectivity index (χ0n) is 11.4. The molecule has 1 aliphatic rings. The lowest BCUT2D eigenvalue weighted by Crippen LogP contribution is -2.56. The Hall–Kier alpha value is -2.70. The van der Waals surface area contributed by atoms with Gasteiger partial charge in [-0.3, -0.25) is 9.78 Å². The molecule has 3 heterocycles. The van der Waals surface area contributed by atoms with Crippen LogP contribution in [0.1, 0.15) is 16.2 Å². The lowest BCUT2D eigenvalue weighted by atomic mass is 10.1. The van der Waals surface area contributed by atoms with E-state index in [4.69, 9.17) is 9.15 Å². The van der Waals surface area contributed by atoms with Gasteiger partial charge >= 0.3 is 5.63 Å². The SMILES string of the molecule is Cc1cc(OC2CN(C(=O)c3cnccn3)C2)cc(=O)o1. The van der Waals surface area contributed by atoms with E-state index in [0.717, 1.165) is 0 Å². The van der Waals surface area contributed by atoms with Crippen molar-refractivity contribution >= 4 is 5.91 Å². The molecule has 0 spiro atoms. The van der Waals surface area contributed by atoms with Gasteiger partial charge in [0.25, 0.3) is 5.91 Å². The molecule has 1 fully saturated rings. The Kier molecular flexibility index (Phi) is 3.39. The minimum absolute atomic E-state index is 0.133. The number of likely N-dealkylation sites (tertiary alicyclic amines) is 1. The van der Waals surface area contributed by atoms with Crippen molar-refractivity contribution in [2.45, 2.75) is 13.0 Å². The summed E-state index contributed by atoms with van der Waals surface area (Å²) in [6.45, 7) is 2.59. The molecule has 0 aromatic carbocycles. The predicted octanol–water partition coefficient (Wildman–Crippen LogP) is 0.642. The van der Waals surface area contributed by atoms with Gasteiger partial charge in [-0.25, -0.2) is 9.78 Å². The molecule has 7 nitrogen and oxygen atoms in total. The van der Waals surface area contributed by atoms with Gasteiger partial charge in [-0.1, -0.05) is 0 Å². The number of hydrogen-bond donors (Lipinski definition) is 0. The highest BCUT2D eigenvalue weighted by atomic mass is 16.5. The summed E-state index contributed by atoms with van der Waals surface area (Å²) in [6.07, 6.45) is 4.30. The molecule has 0 atom stereocenters. The minimum atomic E-state index is -0.447. The first kappa shape index (κ1) is 13.3. The first-order valence-corrected chi connectivity index (χ1v) is 6.45. The molecule has 3 rings (SSSR count). The average molecular weight is 287 g/mol. The second-order valence-corrected chi connectivity index (χ2v) is 4.76. The molecule has 2 aromatic heterocycles. The molecule has 0 aliphatic carbocycles. The maximum atomic E-state index is 12.0. The van der Waals surface area contributed by atoms with Gasteiger partial charge < -0.3 is 14.1 Å². The number of amides is 1. The van der Waals surface area contributed by atoms with Crippen molar-refractivity contribution in [3.8, 4) is 5.75 Å². The quantitative estimate of drug-likeness (QED) is 0.823. The molecule has 0 N–H and O–H groups in total. The summed E-state index contributed by atoms with van der Waals surface area (Å²) in [5.74, 6) is 0.774. The van der Waals surface area contributed by atoms with Crippen LogP contribution in [0.2, 0.25) is 0 Å². The Morgan fingerprint density at radius 3 is 2.86 bits per heavy atom. The Labute approximate surface area is 120 Å². The van der Waals surface area contributed by atoms with Gasteiger partial charge in [-0.15, -0.1) is 0 Å². The lowest BCUT2D eigenvalue weighted by molar-refractivity contribution is 0.0170. The van der Waals surface area contributed by atoms with E-state index in [1.54, 1.807) is 17.9 Å². The zero-order chi connectivity index (χ0) is 14.8. The largest absolute Gasteiger partial charge is 0.486 e. The van der Waals surface area contributed by atoms with Gasteiger partial charge in [0.2, 0.25) is 0 Å². The third-order valence-corrected chi connectivity index (χ3v) is 3.09. The smallest absolute Gasteiger partial charge is 0.339 e. The molecule has 1 aliphatic heterocycles. The third-order valence-electron chi connectivity index (χ3n) is 3.09. The van der Waals surface area contributed by atoms with Gasteiger partial charge in [0.05, 0.1) is 25.4 Å². The summed E-state index contributed by atoms with van der Waals surface area (Å²) in [6, 6.07) is 2.94. The summed E-state index contributed by atoms with van der Waals surface area (Å²) in [5, 5.41) is 0. The van der Waals surface area contributed by atoms with E-state index in [1.165, 1.54) is 24.7 Å². The van der Waals surface area contributed by atoms with Crippen molar-refractivity contribution in [3.63, 3.8) is 0 Å². The number of hydrogen-bond acceptors (Lipinski definition) is 6. The number of aromatic nitrogens is 2. The third kappa shape index (κ3) is 2.91. The number of nitrogens with zero attached hydrogens (tertiary/aromatic N) is 3. The lowest BCUT2D eigenvalue weighted by Gasteiger charge is -2.38. The van der Waals surface area contributed by atoms with E-state index in [9.17, 15) is 9.59 Å². The van der Waals surface area contributed by atoms with Crippen LogP contribution in [0, 0.1) is 6.92 Å². The summed E-state index contributed by atoms with van der Waals surface area (Å²) in [4.78, 5) is 32.7. The Morgan fingerprint density at radius 1 is 1.38 bits per heavy atom. The fraction of sp³-hybridized carbons (Fsp3) is 0.286. The van der Waals surface area contributed by atoms with E-state index in [-0.39, 0.29) is 12.0 Å². The minimum Gasteiger partial charge on any atom is -0.486 e. The van der Waals surface area contributed by atoms with E-state index in [0.29, 0.717) is 30.3 Å². The summed E-state index contributed by atoms with van der Waals surface area (Å²) >= 11 is 0. The molecule has 0 unspecified atom stereocenters. The summed E-state index contributed by atoms with van der Waals surface area (Å²) < 4.78 is 10.5. The van der Waals surface area contributed by atoms with E-state index < -0.39 is 5.63 Å². The van der Waals surface area contributed by atoms with E-state index in [1.807, 2.05) is 0 Å². The predicted molar refractivity (Wildman–Crippen MR) is 72.1 cm³/mol. The molecular weight excluding hydrogens is 274 g/mol. The van der Waals surface area contributed by atoms with Gasteiger partial charge in [0, 0.05) is 18.5 Å². The average Bonchev–Trinajstić information content (AvgIpc) is 2.41. The van der Waals surface area contributed by atoms with Crippen LogP contribution < -0.4 is 10.4 Å². The van der Waals surface area contributed by atoms with Crippen molar-refractivity contribution in [2.24, 2.45) is 0 Å². The van der Waals surface area contributed by atoms with Crippen molar-refractivity contribution < 1.29 is 13.9 Å². The number of carbonyl (C=O) groups excluding carboxylic acids is 1. The summed E-state index contributed by atoms with van der Waals surface area (Å²) in [5.41, 5.74) is -0.135. The van der Waals surface area contributed by atoms with E-state index >= 15 is 0 Å². The molecule has 0 saturated carbocycles. The zero-order valence-corrected chi connectivity index (χ0v) is 11.4. The van der Waals surface area contributed by atoms with Crippen molar-refractivity contribution in [1.29, 1.82) is 0 Å².